The van der Waals surface area contributed by atoms with Crippen molar-refractivity contribution in [3.8, 4) is 5.75 Å². The van der Waals surface area contributed by atoms with Gasteiger partial charge in [-0.25, -0.2) is 4.99 Å². The third-order valence-electron chi connectivity index (χ3n) is 4.50. The summed E-state index contributed by atoms with van der Waals surface area (Å²) in [6.07, 6.45) is 3.21. The van der Waals surface area contributed by atoms with E-state index in [1.165, 1.54) is 6.20 Å². The highest BCUT2D eigenvalue weighted by atomic mass is 16.5. The summed E-state index contributed by atoms with van der Waals surface area (Å²) < 4.78 is 11.2. The summed E-state index contributed by atoms with van der Waals surface area (Å²) in [5, 5.41) is 2.96. The van der Waals surface area contributed by atoms with E-state index in [2.05, 4.69) is 21.9 Å². The monoisotopic (exact) mass is 389 g/mol. The second-order valence-corrected chi connectivity index (χ2v) is 6.45. The molecular weight excluding hydrogens is 366 g/mol. The molecule has 0 saturated carbocycles. The van der Waals surface area contributed by atoms with Gasteiger partial charge in [0, 0.05) is 17.5 Å². The number of amides is 1. The number of nitrogens with zero attached hydrogens (tertiary/aromatic N) is 2. The average Bonchev–Trinajstić information content (AvgIpc) is 3.12. The molecule has 1 aliphatic heterocycles. The smallest absolute Gasteiger partial charge is 0.259 e. The molecule has 1 aliphatic rings. The van der Waals surface area contributed by atoms with Gasteiger partial charge in [0.25, 0.3) is 5.91 Å². The molecule has 0 bridgehead atoms. The normalized spacial score (nSPS) is 15.8. The van der Waals surface area contributed by atoms with E-state index in [4.69, 9.17) is 9.47 Å². The first kappa shape index (κ1) is 20.1. The van der Waals surface area contributed by atoms with E-state index < -0.39 is 0 Å². The molecule has 1 heterocycles. The van der Waals surface area contributed by atoms with E-state index in [0.29, 0.717) is 34.5 Å². The van der Waals surface area contributed by atoms with Crippen molar-refractivity contribution < 1.29 is 14.3 Å². The molecule has 6 heteroatoms. The Kier molecular flexibility index (Phi) is 5.93. The number of benzene rings is 2. The molecule has 148 valence electrons. The molecule has 0 aliphatic carbocycles. The molecule has 2 aromatic rings. The molecular formula is C23H23N3O3. The Balaban J connectivity index is 1.92. The predicted octanol–water partition coefficient (Wildman–Crippen LogP) is 4.79. The quantitative estimate of drug-likeness (QED) is 0.799. The molecule has 1 N–H and O–H groups in total. The molecule has 0 aromatic heterocycles. The molecule has 29 heavy (non-hydrogen) atoms. The van der Waals surface area contributed by atoms with Crippen LogP contribution in [-0.4, -0.2) is 24.8 Å². The van der Waals surface area contributed by atoms with Gasteiger partial charge in [0.05, 0.1) is 12.7 Å². The first-order valence-corrected chi connectivity index (χ1v) is 9.16. The minimum absolute atomic E-state index is 0.247. The standard InChI is InChI=1S/C23H23N3O3/c1-6-19-21(24-7-2)26-23(29-19)16-12-11-14(3)18(13-16)25-22(27)17-10-8-9-15(4)20(17)28-5/h6-13H,2H2,1,3-5H3,(H,25,27)/b19-6+,24-21?. The molecule has 2 aromatic carbocycles. The second kappa shape index (κ2) is 8.56. The number of amidine groups is 1. The van der Waals surface area contributed by atoms with Crippen LogP contribution in [0.5, 0.6) is 5.75 Å². The Morgan fingerprint density at radius 1 is 1.24 bits per heavy atom. The van der Waals surface area contributed by atoms with Crippen molar-refractivity contribution in [2.75, 3.05) is 12.4 Å². The highest BCUT2D eigenvalue weighted by Crippen LogP contribution is 2.26. The number of aryl methyl sites for hydroxylation is 2. The topological polar surface area (TPSA) is 72.3 Å². The molecule has 0 fully saturated rings. The van der Waals surface area contributed by atoms with E-state index >= 15 is 0 Å². The number of anilines is 1. The SMILES string of the molecule is C=CN=C1N=C(c2ccc(C)c(NC(=O)c3cccc(C)c3OC)c2)O/C1=C/C. The molecule has 3 rings (SSSR count). The lowest BCUT2D eigenvalue weighted by Crippen LogP contribution is -2.15. The maximum Gasteiger partial charge on any atom is 0.259 e. The Morgan fingerprint density at radius 3 is 2.72 bits per heavy atom. The Bertz CT molecular complexity index is 1070. The van der Waals surface area contributed by atoms with Gasteiger partial charge in [0.2, 0.25) is 5.90 Å². The van der Waals surface area contributed by atoms with E-state index in [-0.39, 0.29) is 5.91 Å². The summed E-state index contributed by atoms with van der Waals surface area (Å²) in [6, 6.07) is 11.1. The first-order valence-electron chi connectivity index (χ1n) is 9.16. The number of nitrogens with one attached hydrogen (secondary N) is 1. The Morgan fingerprint density at radius 2 is 2.03 bits per heavy atom. The molecule has 6 nitrogen and oxygen atoms in total. The number of hydrogen-bond acceptors (Lipinski definition) is 4. The van der Waals surface area contributed by atoms with Gasteiger partial charge in [-0.05, 0) is 56.2 Å². The van der Waals surface area contributed by atoms with Gasteiger partial charge in [-0.2, -0.15) is 4.99 Å². The van der Waals surface area contributed by atoms with Crippen molar-refractivity contribution in [2.24, 2.45) is 9.98 Å². The lowest BCUT2D eigenvalue weighted by atomic mass is 10.1. The minimum atomic E-state index is -0.247. The second-order valence-electron chi connectivity index (χ2n) is 6.45. The summed E-state index contributed by atoms with van der Waals surface area (Å²) in [7, 11) is 1.56. The number of ether oxygens (including phenoxy) is 2. The van der Waals surface area contributed by atoms with Crippen LogP contribution in [0.1, 0.15) is 34.0 Å². The van der Waals surface area contributed by atoms with Crippen molar-refractivity contribution in [1.82, 2.24) is 0 Å². The lowest BCUT2D eigenvalue weighted by Gasteiger charge is -2.13. The van der Waals surface area contributed by atoms with Gasteiger partial charge in [-0.3, -0.25) is 4.79 Å². The van der Waals surface area contributed by atoms with Crippen LogP contribution in [0.25, 0.3) is 0 Å². The van der Waals surface area contributed by atoms with Gasteiger partial charge in [-0.15, -0.1) is 0 Å². The van der Waals surface area contributed by atoms with Crippen LogP contribution in [-0.2, 0) is 4.74 Å². The summed E-state index contributed by atoms with van der Waals surface area (Å²) in [5.74, 6) is 1.76. The van der Waals surface area contributed by atoms with E-state index in [9.17, 15) is 4.79 Å². The van der Waals surface area contributed by atoms with Gasteiger partial charge in [-0.1, -0.05) is 24.8 Å². The number of carbonyl (C=O) groups is 1. The fourth-order valence-electron chi connectivity index (χ4n) is 3.00. The van der Waals surface area contributed by atoms with E-state index in [0.717, 1.165) is 16.7 Å². The summed E-state index contributed by atoms with van der Waals surface area (Å²) in [6.45, 7) is 9.27. The number of aliphatic imine (C=N–C) groups is 2. The maximum absolute atomic E-state index is 12.9. The van der Waals surface area contributed by atoms with Gasteiger partial charge in [0.15, 0.2) is 11.6 Å². The Labute approximate surface area is 170 Å². The lowest BCUT2D eigenvalue weighted by molar-refractivity contribution is 0.102. The van der Waals surface area contributed by atoms with Crippen LogP contribution < -0.4 is 10.1 Å². The molecule has 0 atom stereocenters. The number of allylic oxidation sites excluding steroid dienone is 1. The van der Waals surface area contributed by atoms with E-state index in [1.807, 2.05) is 51.1 Å². The number of methoxy groups -OCH3 is 1. The molecule has 0 unspecified atom stereocenters. The van der Waals surface area contributed by atoms with Crippen LogP contribution in [0.2, 0.25) is 0 Å². The largest absolute Gasteiger partial charge is 0.496 e. The predicted molar refractivity (Wildman–Crippen MR) is 116 cm³/mol. The highest BCUT2D eigenvalue weighted by molar-refractivity contribution is 6.15. The maximum atomic E-state index is 12.9. The van der Waals surface area contributed by atoms with Crippen molar-refractivity contribution in [3.05, 3.63) is 83.3 Å². The number of carbonyl (C=O) groups excluding carboxylic acids is 1. The Hall–Kier alpha value is -3.67. The van der Waals surface area contributed by atoms with Crippen LogP contribution in [0, 0.1) is 13.8 Å². The van der Waals surface area contributed by atoms with Crippen LogP contribution >= 0.6 is 0 Å². The fraction of sp³-hybridized carbons (Fsp3) is 0.174. The molecule has 1 amide bonds. The van der Waals surface area contributed by atoms with Crippen molar-refractivity contribution >= 4 is 23.3 Å². The van der Waals surface area contributed by atoms with Gasteiger partial charge >= 0.3 is 0 Å². The average molecular weight is 389 g/mol. The van der Waals surface area contributed by atoms with Crippen LogP contribution in [0.4, 0.5) is 5.69 Å². The minimum Gasteiger partial charge on any atom is -0.496 e. The van der Waals surface area contributed by atoms with Crippen molar-refractivity contribution in [1.29, 1.82) is 0 Å². The zero-order valence-corrected chi connectivity index (χ0v) is 16.9. The summed E-state index contributed by atoms with van der Waals surface area (Å²) in [4.78, 5) is 21.4. The number of hydrogen-bond donors (Lipinski definition) is 1. The summed E-state index contributed by atoms with van der Waals surface area (Å²) in [5.41, 5.74) is 3.68. The third kappa shape index (κ3) is 4.11. The summed E-state index contributed by atoms with van der Waals surface area (Å²) >= 11 is 0. The highest BCUT2D eigenvalue weighted by Gasteiger charge is 2.22. The van der Waals surface area contributed by atoms with Gasteiger partial charge < -0.3 is 14.8 Å². The number of para-hydroxylation sites is 1. The fourth-order valence-corrected chi connectivity index (χ4v) is 3.00. The van der Waals surface area contributed by atoms with E-state index in [1.54, 1.807) is 19.3 Å². The third-order valence-corrected chi connectivity index (χ3v) is 4.50. The van der Waals surface area contributed by atoms with Crippen molar-refractivity contribution in [3.63, 3.8) is 0 Å². The molecule has 0 spiro atoms. The zero-order valence-electron chi connectivity index (χ0n) is 16.9. The van der Waals surface area contributed by atoms with Gasteiger partial charge in [0.1, 0.15) is 5.75 Å². The molecule has 0 saturated heterocycles. The first-order chi connectivity index (χ1) is 14.0. The molecule has 0 radical (unpaired) electrons. The number of rotatable bonds is 5. The van der Waals surface area contributed by atoms with Crippen LogP contribution in [0.3, 0.4) is 0 Å². The van der Waals surface area contributed by atoms with Crippen molar-refractivity contribution in [2.45, 2.75) is 20.8 Å². The van der Waals surface area contributed by atoms with Crippen LogP contribution in [0.15, 0.2) is 71.0 Å². The zero-order chi connectivity index (χ0) is 21.0.